The Bertz CT molecular complexity index is 786. The number of aliphatic hydroxyl groups excluding tert-OH is 1. The van der Waals surface area contributed by atoms with Crippen molar-refractivity contribution in [2.24, 2.45) is 0 Å². The molecule has 164 valence electrons. The lowest BCUT2D eigenvalue weighted by molar-refractivity contribution is -0.136. The highest BCUT2D eigenvalue weighted by atomic mass is 16.5. The van der Waals surface area contributed by atoms with E-state index in [1.165, 1.54) is 12.0 Å². The molecule has 1 aromatic rings. The predicted molar refractivity (Wildman–Crippen MR) is 111 cm³/mol. The zero-order valence-corrected chi connectivity index (χ0v) is 17.6. The van der Waals surface area contributed by atoms with Gasteiger partial charge in [0.25, 0.3) is 5.91 Å². The van der Waals surface area contributed by atoms with E-state index in [1.807, 2.05) is 0 Å². The maximum atomic E-state index is 12.5. The maximum Gasteiger partial charge on any atom is 0.338 e. The van der Waals surface area contributed by atoms with Crippen molar-refractivity contribution in [1.82, 2.24) is 9.80 Å². The summed E-state index contributed by atoms with van der Waals surface area (Å²) >= 11 is 0. The molecular formula is C21H29N3O6. The summed E-state index contributed by atoms with van der Waals surface area (Å²) in [7, 11) is 1.24. The molecule has 0 aliphatic carbocycles. The number of β-amino-alcohol motifs (C(OH)–C–C–N with tert-alkyl or cyclic N) is 1. The number of nitrogens with one attached hydrogen (secondary N) is 1. The zero-order chi connectivity index (χ0) is 22.1. The number of ether oxygens (including phenoxy) is 2. The van der Waals surface area contributed by atoms with Crippen molar-refractivity contribution in [1.29, 1.82) is 0 Å². The summed E-state index contributed by atoms with van der Waals surface area (Å²) < 4.78 is 10.1. The second-order valence-electron chi connectivity index (χ2n) is 6.66. The van der Waals surface area contributed by atoms with Gasteiger partial charge in [-0.1, -0.05) is 13.8 Å². The normalized spacial score (nSPS) is 13.8. The predicted octanol–water partition coefficient (Wildman–Crippen LogP) is 0.859. The monoisotopic (exact) mass is 419 g/mol. The van der Waals surface area contributed by atoms with E-state index in [0.717, 1.165) is 13.1 Å². The number of hydrogen-bond acceptors (Lipinski definition) is 8. The number of anilines is 1. The van der Waals surface area contributed by atoms with Crippen molar-refractivity contribution in [3.8, 4) is 0 Å². The Morgan fingerprint density at radius 2 is 1.83 bits per heavy atom. The Hall–Kier alpha value is -2.91. The number of carbonyl (C=O) groups is 3. The quantitative estimate of drug-likeness (QED) is 0.509. The summed E-state index contributed by atoms with van der Waals surface area (Å²) in [5.74, 6) is -1.43. The van der Waals surface area contributed by atoms with E-state index in [2.05, 4.69) is 24.1 Å². The van der Waals surface area contributed by atoms with Gasteiger partial charge in [-0.3, -0.25) is 4.79 Å². The molecule has 0 bridgehead atoms. The Morgan fingerprint density at radius 3 is 2.40 bits per heavy atom. The molecular weight excluding hydrogens is 390 g/mol. The van der Waals surface area contributed by atoms with Crippen molar-refractivity contribution in [3.63, 3.8) is 0 Å². The minimum atomic E-state index is -0.611. The maximum absolute atomic E-state index is 12.5. The van der Waals surface area contributed by atoms with Gasteiger partial charge >= 0.3 is 11.9 Å². The number of carbonyl (C=O) groups excluding carboxylic acids is 3. The lowest BCUT2D eigenvalue weighted by Crippen LogP contribution is -2.31. The minimum absolute atomic E-state index is 0.0609. The van der Waals surface area contributed by atoms with Crippen LogP contribution in [0.5, 0.6) is 0 Å². The third-order valence-corrected chi connectivity index (χ3v) is 4.88. The van der Waals surface area contributed by atoms with Gasteiger partial charge < -0.3 is 29.7 Å². The van der Waals surface area contributed by atoms with Gasteiger partial charge in [0, 0.05) is 18.8 Å². The molecule has 9 heteroatoms. The van der Waals surface area contributed by atoms with Crippen LogP contribution in [0, 0.1) is 0 Å². The smallest absolute Gasteiger partial charge is 0.338 e. The molecule has 9 nitrogen and oxygen atoms in total. The van der Waals surface area contributed by atoms with E-state index in [1.54, 1.807) is 24.3 Å². The standard InChI is InChI=1S/C21H29N3O6/c1-4-23(5-2)11-13-30-20(27)15-6-8-16(9-7-15)22-18-17(21(28)29-3)14-24(10-12-25)19(18)26/h6-9,22,25H,4-5,10-14H2,1-3H3. The molecule has 30 heavy (non-hydrogen) atoms. The lowest BCUT2D eigenvalue weighted by Gasteiger charge is -2.17. The highest BCUT2D eigenvalue weighted by Gasteiger charge is 2.34. The van der Waals surface area contributed by atoms with E-state index >= 15 is 0 Å². The van der Waals surface area contributed by atoms with E-state index in [0.29, 0.717) is 24.4 Å². The Balaban J connectivity index is 2.04. The molecule has 2 N–H and O–H groups in total. The van der Waals surface area contributed by atoms with Crippen LogP contribution >= 0.6 is 0 Å². The summed E-state index contributed by atoms with van der Waals surface area (Å²) in [4.78, 5) is 40.3. The first-order chi connectivity index (χ1) is 14.4. The van der Waals surface area contributed by atoms with Crippen LogP contribution in [0.1, 0.15) is 24.2 Å². The first-order valence-electron chi connectivity index (χ1n) is 9.93. The third-order valence-electron chi connectivity index (χ3n) is 4.88. The molecule has 2 rings (SSSR count). The van der Waals surface area contributed by atoms with Gasteiger partial charge in [0.1, 0.15) is 12.3 Å². The molecule has 1 amide bonds. The molecule has 0 saturated carbocycles. The number of methoxy groups -OCH3 is 1. The van der Waals surface area contributed by atoms with Crippen molar-refractivity contribution >= 4 is 23.5 Å². The van der Waals surface area contributed by atoms with Crippen LogP contribution in [0.3, 0.4) is 0 Å². The first kappa shape index (κ1) is 23.4. The molecule has 0 aromatic heterocycles. The third kappa shape index (κ3) is 5.80. The molecule has 0 spiro atoms. The number of likely N-dealkylation sites (N-methyl/N-ethyl adjacent to an activating group) is 1. The van der Waals surface area contributed by atoms with Crippen molar-refractivity contribution < 1.29 is 29.0 Å². The number of nitrogens with zero attached hydrogens (tertiary/aromatic N) is 2. The van der Waals surface area contributed by atoms with Gasteiger partial charge in [-0.05, 0) is 37.4 Å². The molecule has 0 radical (unpaired) electrons. The molecule has 1 aliphatic rings. The molecule has 1 aliphatic heterocycles. The highest BCUT2D eigenvalue weighted by molar-refractivity contribution is 6.08. The number of esters is 2. The second-order valence-corrected chi connectivity index (χ2v) is 6.66. The largest absolute Gasteiger partial charge is 0.466 e. The molecule has 0 atom stereocenters. The van der Waals surface area contributed by atoms with Crippen LogP contribution < -0.4 is 5.32 Å². The number of benzene rings is 1. The average molecular weight is 419 g/mol. The molecule has 1 heterocycles. The van der Waals surface area contributed by atoms with Crippen molar-refractivity contribution in [3.05, 3.63) is 41.1 Å². The molecule has 1 aromatic carbocycles. The summed E-state index contributed by atoms with van der Waals surface area (Å²) in [5, 5.41) is 12.0. The SMILES string of the molecule is CCN(CC)CCOC(=O)c1ccc(NC2=C(C(=O)OC)CN(CCO)C2=O)cc1. The van der Waals surface area contributed by atoms with Gasteiger partial charge in [0.15, 0.2) is 0 Å². The number of rotatable bonds is 11. The van der Waals surface area contributed by atoms with Crippen LogP contribution in [0.2, 0.25) is 0 Å². The Labute approximate surface area is 176 Å². The van der Waals surface area contributed by atoms with Gasteiger partial charge in [-0.15, -0.1) is 0 Å². The van der Waals surface area contributed by atoms with E-state index in [9.17, 15) is 14.4 Å². The van der Waals surface area contributed by atoms with E-state index < -0.39 is 17.8 Å². The highest BCUT2D eigenvalue weighted by Crippen LogP contribution is 2.23. The van der Waals surface area contributed by atoms with Crippen molar-refractivity contribution in [2.45, 2.75) is 13.8 Å². The summed E-state index contributed by atoms with van der Waals surface area (Å²) in [6.45, 7) is 6.85. The van der Waals surface area contributed by atoms with E-state index in [-0.39, 0.29) is 31.0 Å². The fourth-order valence-corrected chi connectivity index (χ4v) is 3.07. The van der Waals surface area contributed by atoms with Crippen molar-refractivity contribution in [2.75, 3.05) is 58.4 Å². The van der Waals surface area contributed by atoms with Gasteiger partial charge in [0.05, 0.1) is 31.4 Å². The van der Waals surface area contributed by atoms with Gasteiger partial charge in [-0.25, -0.2) is 9.59 Å². The topological polar surface area (TPSA) is 108 Å². The Kier molecular flexibility index (Phi) is 8.82. The number of aliphatic hydroxyl groups is 1. The number of hydrogen-bond donors (Lipinski definition) is 2. The molecule has 0 unspecified atom stereocenters. The van der Waals surface area contributed by atoms with Crippen LogP contribution in [-0.2, 0) is 19.1 Å². The Morgan fingerprint density at radius 1 is 1.17 bits per heavy atom. The average Bonchev–Trinajstić information content (AvgIpc) is 3.06. The fraction of sp³-hybridized carbons (Fsp3) is 0.476. The van der Waals surface area contributed by atoms with Crippen LogP contribution in [0.4, 0.5) is 5.69 Å². The fourth-order valence-electron chi connectivity index (χ4n) is 3.07. The summed E-state index contributed by atoms with van der Waals surface area (Å²) in [6.07, 6.45) is 0. The molecule has 0 fully saturated rings. The van der Waals surface area contributed by atoms with Gasteiger partial charge in [-0.2, -0.15) is 0 Å². The van der Waals surface area contributed by atoms with Crippen LogP contribution in [0.15, 0.2) is 35.5 Å². The second kappa shape index (κ2) is 11.3. The zero-order valence-electron chi connectivity index (χ0n) is 17.6. The van der Waals surface area contributed by atoms with Crippen LogP contribution in [-0.4, -0.2) is 85.8 Å². The van der Waals surface area contributed by atoms with E-state index in [4.69, 9.17) is 14.6 Å². The lowest BCUT2D eigenvalue weighted by atomic mass is 10.2. The summed E-state index contributed by atoms with van der Waals surface area (Å²) in [6, 6.07) is 6.44. The molecule has 0 saturated heterocycles. The summed E-state index contributed by atoms with van der Waals surface area (Å²) in [5.41, 5.74) is 1.22. The number of amides is 1. The minimum Gasteiger partial charge on any atom is -0.466 e. The van der Waals surface area contributed by atoms with Crippen LogP contribution in [0.25, 0.3) is 0 Å². The first-order valence-corrected chi connectivity index (χ1v) is 9.93. The van der Waals surface area contributed by atoms with Gasteiger partial charge in [0.2, 0.25) is 0 Å².